The lowest BCUT2D eigenvalue weighted by atomic mass is 10.2. The number of benzene rings is 2. The second-order valence-corrected chi connectivity index (χ2v) is 8.51. The van der Waals surface area contributed by atoms with Crippen molar-refractivity contribution in [2.45, 2.75) is 25.3 Å². The van der Waals surface area contributed by atoms with Crippen molar-refractivity contribution < 1.29 is 12.8 Å². The van der Waals surface area contributed by atoms with Gasteiger partial charge >= 0.3 is 0 Å². The Morgan fingerprint density at radius 3 is 2.71 bits per heavy atom. The minimum Gasteiger partial charge on any atom is -0.276 e. The van der Waals surface area contributed by atoms with Crippen LogP contribution in [0.3, 0.4) is 0 Å². The standard InChI is InChI=1S/C18H16FN5O2S2/c1-11-17(12(2)24(20-11)10-13-5-3-6-14(19)9-13)23-28(25,26)16-8-4-7-15-18(16)22-27-21-15/h3-9,23H,10H2,1-2H3. The topological polar surface area (TPSA) is 89.8 Å². The summed E-state index contributed by atoms with van der Waals surface area (Å²) in [6.07, 6.45) is 0. The maximum Gasteiger partial charge on any atom is 0.264 e. The van der Waals surface area contributed by atoms with E-state index < -0.39 is 10.0 Å². The predicted octanol–water partition coefficient (Wildman–Crippen LogP) is 3.49. The fourth-order valence-electron chi connectivity index (χ4n) is 2.99. The summed E-state index contributed by atoms with van der Waals surface area (Å²) >= 11 is 0.963. The fraction of sp³-hybridized carbons (Fsp3) is 0.167. The summed E-state index contributed by atoms with van der Waals surface area (Å²) in [6, 6.07) is 11.1. The van der Waals surface area contributed by atoms with Crippen LogP contribution in [-0.4, -0.2) is 26.9 Å². The lowest BCUT2D eigenvalue weighted by Gasteiger charge is -2.09. The third-order valence-corrected chi connectivity index (χ3v) is 6.30. The molecule has 2 aromatic carbocycles. The molecule has 10 heteroatoms. The summed E-state index contributed by atoms with van der Waals surface area (Å²) < 4.78 is 51.8. The van der Waals surface area contributed by atoms with Crippen LogP contribution in [0.5, 0.6) is 0 Å². The van der Waals surface area contributed by atoms with Gasteiger partial charge in [-0.2, -0.15) is 13.8 Å². The average Bonchev–Trinajstić information content (AvgIpc) is 3.22. The minimum absolute atomic E-state index is 0.0652. The van der Waals surface area contributed by atoms with Gasteiger partial charge < -0.3 is 0 Å². The quantitative estimate of drug-likeness (QED) is 0.537. The molecule has 28 heavy (non-hydrogen) atoms. The van der Waals surface area contributed by atoms with Crippen LogP contribution in [-0.2, 0) is 16.6 Å². The van der Waals surface area contributed by atoms with Crippen LogP contribution in [0.1, 0.15) is 17.0 Å². The molecule has 0 saturated heterocycles. The molecule has 7 nitrogen and oxygen atoms in total. The highest BCUT2D eigenvalue weighted by molar-refractivity contribution is 7.93. The maximum atomic E-state index is 13.4. The molecule has 144 valence electrons. The highest BCUT2D eigenvalue weighted by Gasteiger charge is 2.23. The third-order valence-electron chi connectivity index (χ3n) is 4.38. The summed E-state index contributed by atoms with van der Waals surface area (Å²) in [6.45, 7) is 3.82. The molecule has 4 rings (SSSR count). The average molecular weight is 417 g/mol. The number of hydrogen-bond acceptors (Lipinski definition) is 6. The van der Waals surface area contributed by atoms with Crippen molar-refractivity contribution in [3.8, 4) is 0 Å². The van der Waals surface area contributed by atoms with Crippen molar-refractivity contribution >= 4 is 38.5 Å². The largest absolute Gasteiger partial charge is 0.276 e. The molecule has 0 aliphatic carbocycles. The summed E-state index contributed by atoms with van der Waals surface area (Å²) in [7, 11) is -3.88. The monoisotopic (exact) mass is 417 g/mol. The number of hydrogen-bond donors (Lipinski definition) is 1. The van der Waals surface area contributed by atoms with Gasteiger partial charge in [0.1, 0.15) is 21.7 Å². The molecule has 0 atom stereocenters. The predicted molar refractivity (Wildman–Crippen MR) is 105 cm³/mol. The first kappa shape index (κ1) is 18.5. The summed E-state index contributed by atoms with van der Waals surface area (Å²) in [5.74, 6) is -0.329. The van der Waals surface area contributed by atoms with E-state index in [1.54, 1.807) is 42.8 Å². The molecule has 0 aliphatic heterocycles. The number of nitrogens with one attached hydrogen (secondary N) is 1. The number of aryl methyl sites for hydroxylation is 1. The summed E-state index contributed by atoms with van der Waals surface area (Å²) in [4.78, 5) is 0.0652. The van der Waals surface area contributed by atoms with Crippen LogP contribution < -0.4 is 4.72 Å². The lowest BCUT2D eigenvalue weighted by Crippen LogP contribution is -2.15. The second kappa shape index (κ2) is 6.95. The molecule has 0 amide bonds. The van der Waals surface area contributed by atoms with E-state index in [2.05, 4.69) is 18.6 Å². The molecule has 2 aromatic heterocycles. The zero-order valence-corrected chi connectivity index (χ0v) is 16.7. The smallest absolute Gasteiger partial charge is 0.264 e. The Kier molecular flexibility index (Phi) is 4.60. The SMILES string of the molecule is Cc1nn(Cc2cccc(F)c2)c(C)c1NS(=O)(=O)c1cccc2nsnc12. The molecule has 0 aliphatic rings. The lowest BCUT2D eigenvalue weighted by molar-refractivity contribution is 0.602. The molecule has 0 fully saturated rings. The molecular formula is C18H16FN5O2S2. The first-order valence-electron chi connectivity index (χ1n) is 8.38. The molecule has 4 aromatic rings. The Hall–Kier alpha value is -2.85. The Morgan fingerprint density at radius 2 is 1.93 bits per heavy atom. The number of rotatable bonds is 5. The Bertz CT molecular complexity index is 1280. The van der Waals surface area contributed by atoms with Crippen molar-refractivity contribution in [1.82, 2.24) is 18.5 Å². The van der Waals surface area contributed by atoms with Gasteiger partial charge in [0.15, 0.2) is 0 Å². The van der Waals surface area contributed by atoms with Crippen molar-refractivity contribution in [2.24, 2.45) is 0 Å². The van der Waals surface area contributed by atoms with Crippen LogP contribution in [0.25, 0.3) is 11.0 Å². The van der Waals surface area contributed by atoms with E-state index in [9.17, 15) is 12.8 Å². The normalized spacial score (nSPS) is 11.8. The zero-order valence-electron chi connectivity index (χ0n) is 15.0. The van der Waals surface area contributed by atoms with Crippen molar-refractivity contribution in [3.05, 3.63) is 65.2 Å². The van der Waals surface area contributed by atoms with Gasteiger partial charge in [-0.3, -0.25) is 9.40 Å². The van der Waals surface area contributed by atoms with Crippen LogP contribution in [0.2, 0.25) is 0 Å². The Balaban J connectivity index is 1.68. The van der Waals surface area contributed by atoms with Gasteiger partial charge in [-0.05, 0) is 43.7 Å². The van der Waals surface area contributed by atoms with E-state index in [1.807, 2.05) is 0 Å². The van der Waals surface area contributed by atoms with Crippen LogP contribution in [0, 0.1) is 19.7 Å². The van der Waals surface area contributed by atoms with Gasteiger partial charge in [-0.1, -0.05) is 18.2 Å². The van der Waals surface area contributed by atoms with Crippen LogP contribution in [0.15, 0.2) is 47.4 Å². The van der Waals surface area contributed by atoms with Gasteiger partial charge in [-0.15, -0.1) is 0 Å². The molecule has 0 spiro atoms. The van der Waals surface area contributed by atoms with E-state index >= 15 is 0 Å². The number of anilines is 1. The van der Waals surface area contributed by atoms with E-state index in [0.717, 1.165) is 17.3 Å². The number of fused-ring (bicyclic) bond motifs is 1. The molecular weight excluding hydrogens is 401 g/mol. The van der Waals surface area contributed by atoms with Crippen molar-refractivity contribution in [1.29, 1.82) is 0 Å². The van der Waals surface area contributed by atoms with E-state index in [4.69, 9.17) is 0 Å². The number of nitrogens with zero attached hydrogens (tertiary/aromatic N) is 4. The van der Waals surface area contributed by atoms with E-state index in [0.29, 0.717) is 34.7 Å². The van der Waals surface area contributed by atoms with Crippen LogP contribution >= 0.6 is 11.7 Å². The third kappa shape index (κ3) is 3.36. The second-order valence-electron chi connectivity index (χ2n) is 6.33. The molecule has 2 heterocycles. The molecule has 0 bridgehead atoms. The van der Waals surface area contributed by atoms with Crippen LogP contribution in [0.4, 0.5) is 10.1 Å². The maximum absolute atomic E-state index is 13.4. The summed E-state index contributed by atoms with van der Waals surface area (Å²) in [5, 5.41) is 4.41. The van der Waals surface area contributed by atoms with Gasteiger partial charge in [-0.25, -0.2) is 12.8 Å². The van der Waals surface area contributed by atoms with Gasteiger partial charge in [0.05, 0.1) is 35.3 Å². The Labute approximate surface area is 165 Å². The fourth-order valence-corrected chi connectivity index (χ4v) is 4.94. The number of aromatic nitrogens is 4. The number of sulfonamides is 1. The molecule has 1 N–H and O–H groups in total. The molecule has 0 unspecified atom stereocenters. The van der Waals surface area contributed by atoms with E-state index in [-0.39, 0.29) is 10.7 Å². The number of halogens is 1. The highest BCUT2D eigenvalue weighted by Crippen LogP contribution is 2.27. The van der Waals surface area contributed by atoms with Crippen molar-refractivity contribution in [2.75, 3.05) is 4.72 Å². The highest BCUT2D eigenvalue weighted by atomic mass is 32.2. The van der Waals surface area contributed by atoms with Crippen molar-refractivity contribution in [3.63, 3.8) is 0 Å². The zero-order chi connectivity index (χ0) is 19.9. The summed E-state index contributed by atoms with van der Waals surface area (Å²) in [5.41, 5.74) is 3.16. The first-order valence-corrected chi connectivity index (χ1v) is 10.6. The minimum atomic E-state index is -3.88. The first-order chi connectivity index (χ1) is 13.3. The van der Waals surface area contributed by atoms with Gasteiger partial charge in [0.2, 0.25) is 0 Å². The van der Waals surface area contributed by atoms with E-state index in [1.165, 1.54) is 18.2 Å². The van der Waals surface area contributed by atoms with Gasteiger partial charge in [0.25, 0.3) is 10.0 Å². The molecule has 0 saturated carbocycles. The molecule has 0 radical (unpaired) electrons. The van der Waals surface area contributed by atoms with Gasteiger partial charge in [0, 0.05) is 0 Å². The Morgan fingerprint density at radius 1 is 1.14 bits per heavy atom.